The third-order valence-electron chi connectivity index (χ3n) is 2.58. The van der Waals surface area contributed by atoms with Gasteiger partial charge in [-0.25, -0.2) is 0 Å². The van der Waals surface area contributed by atoms with Gasteiger partial charge in [0.2, 0.25) is 5.12 Å². The molecule has 0 radical (unpaired) electrons. The summed E-state index contributed by atoms with van der Waals surface area (Å²) in [6.07, 6.45) is 1.39. The molecule has 1 heterocycles. The molecule has 0 aliphatic carbocycles. The Labute approximate surface area is 131 Å². The lowest BCUT2D eigenvalue weighted by Crippen LogP contribution is -2.04. The number of carbonyl (C=O) groups excluding carboxylic acids is 1. The van der Waals surface area contributed by atoms with Crippen LogP contribution < -0.4 is 0 Å². The third kappa shape index (κ3) is 5.14. The van der Waals surface area contributed by atoms with E-state index in [1.165, 1.54) is 29.2 Å². The molecule has 0 bridgehead atoms. The predicted octanol–water partition coefficient (Wildman–Crippen LogP) is 4.67. The normalized spacial score (nSPS) is 22.3. The first-order chi connectivity index (χ1) is 9.29. The summed E-state index contributed by atoms with van der Waals surface area (Å²) in [5.41, 5.74) is 1.42. The Balaban J connectivity index is 1.68. The Hall–Kier alpha value is 0.0300. The van der Waals surface area contributed by atoms with Crippen LogP contribution in [0.3, 0.4) is 0 Å². The molecule has 0 spiro atoms. The van der Waals surface area contributed by atoms with Crippen LogP contribution in [0.4, 0.5) is 0 Å². The van der Waals surface area contributed by atoms with Crippen molar-refractivity contribution >= 4 is 52.2 Å². The second kappa shape index (κ2) is 8.35. The number of hydrogen-bond acceptors (Lipinski definition) is 5. The highest BCUT2D eigenvalue weighted by Gasteiger charge is 2.26. The van der Waals surface area contributed by atoms with Crippen molar-refractivity contribution in [2.24, 2.45) is 0 Å². The minimum Gasteiger partial charge on any atom is -0.282 e. The SMILES string of the molecule is C=CC(=O)SCSCC1CSC(c2ccccc2)S1. The van der Waals surface area contributed by atoms with Gasteiger partial charge in [-0.1, -0.05) is 48.7 Å². The minimum atomic E-state index is 0.0723. The van der Waals surface area contributed by atoms with Crippen LogP contribution in [0.15, 0.2) is 43.0 Å². The molecular formula is C14H16OS4. The van der Waals surface area contributed by atoms with Gasteiger partial charge in [0.1, 0.15) is 0 Å². The van der Waals surface area contributed by atoms with E-state index >= 15 is 0 Å². The number of benzene rings is 1. The van der Waals surface area contributed by atoms with Gasteiger partial charge >= 0.3 is 0 Å². The second-order valence-electron chi connectivity index (χ2n) is 3.99. The molecule has 0 saturated carbocycles. The molecular weight excluding hydrogens is 312 g/mol. The van der Waals surface area contributed by atoms with Crippen molar-refractivity contribution in [3.63, 3.8) is 0 Å². The lowest BCUT2D eigenvalue weighted by Gasteiger charge is -2.10. The van der Waals surface area contributed by atoms with E-state index in [1.807, 2.05) is 23.5 Å². The van der Waals surface area contributed by atoms with Crippen molar-refractivity contribution in [2.45, 2.75) is 9.83 Å². The molecule has 1 aliphatic heterocycles. The summed E-state index contributed by atoms with van der Waals surface area (Å²) >= 11 is 7.29. The van der Waals surface area contributed by atoms with Gasteiger partial charge in [0.15, 0.2) is 0 Å². The Bertz CT molecular complexity index is 421. The minimum absolute atomic E-state index is 0.0723. The van der Waals surface area contributed by atoms with Gasteiger partial charge in [-0.3, -0.25) is 4.79 Å². The highest BCUT2D eigenvalue weighted by atomic mass is 32.2. The van der Waals surface area contributed by atoms with Crippen LogP contribution in [0.25, 0.3) is 0 Å². The van der Waals surface area contributed by atoms with Gasteiger partial charge in [0.05, 0.1) is 4.58 Å². The van der Waals surface area contributed by atoms with Gasteiger partial charge in [-0.15, -0.1) is 35.3 Å². The molecule has 0 amide bonds. The van der Waals surface area contributed by atoms with Gasteiger partial charge in [-0.05, 0) is 11.6 Å². The maximum atomic E-state index is 11.1. The quantitative estimate of drug-likeness (QED) is 0.427. The van der Waals surface area contributed by atoms with Crippen LogP contribution in [-0.4, -0.2) is 27.0 Å². The van der Waals surface area contributed by atoms with Crippen LogP contribution in [-0.2, 0) is 4.79 Å². The van der Waals surface area contributed by atoms with Crippen LogP contribution in [0.2, 0.25) is 0 Å². The van der Waals surface area contributed by atoms with E-state index in [4.69, 9.17) is 0 Å². The zero-order valence-corrected chi connectivity index (χ0v) is 13.8. The van der Waals surface area contributed by atoms with E-state index in [2.05, 4.69) is 48.7 Å². The lowest BCUT2D eigenvalue weighted by molar-refractivity contribution is -0.107. The molecule has 1 aliphatic rings. The Morgan fingerprint density at radius 3 is 2.95 bits per heavy atom. The summed E-state index contributed by atoms with van der Waals surface area (Å²) < 4.78 is 0.578. The van der Waals surface area contributed by atoms with Crippen LogP contribution in [0.5, 0.6) is 0 Å². The molecule has 19 heavy (non-hydrogen) atoms. The smallest absolute Gasteiger partial charge is 0.212 e. The summed E-state index contributed by atoms with van der Waals surface area (Å²) in [7, 11) is 0. The zero-order chi connectivity index (χ0) is 13.5. The average molecular weight is 329 g/mol. The van der Waals surface area contributed by atoms with E-state index in [9.17, 15) is 4.79 Å². The lowest BCUT2D eigenvalue weighted by atomic mass is 10.2. The Morgan fingerprint density at radius 2 is 2.21 bits per heavy atom. The third-order valence-corrected chi connectivity index (χ3v) is 8.37. The van der Waals surface area contributed by atoms with E-state index < -0.39 is 0 Å². The predicted molar refractivity (Wildman–Crippen MR) is 93.1 cm³/mol. The summed E-state index contributed by atoms with van der Waals surface area (Å²) in [6, 6.07) is 10.7. The Kier molecular flexibility index (Phi) is 6.77. The summed E-state index contributed by atoms with van der Waals surface area (Å²) in [5.74, 6) is 2.33. The molecule has 1 fully saturated rings. The first kappa shape index (κ1) is 15.4. The summed E-state index contributed by atoms with van der Waals surface area (Å²) in [6.45, 7) is 3.47. The van der Waals surface area contributed by atoms with E-state index in [-0.39, 0.29) is 5.12 Å². The topological polar surface area (TPSA) is 17.1 Å². The molecule has 102 valence electrons. The van der Waals surface area contributed by atoms with E-state index in [0.717, 1.165) is 10.8 Å². The maximum absolute atomic E-state index is 11.1. The van der Waals surface area contributed by atoms with Gasteiger partial charge < -0.3 is 0 Å². The first-order valence-electron chi connectivity index (χ1n) is 5.98. The van der Waals surface area contributed by atoms with Crippen molar-refractivity contribution in [3.05, 3.63) is 48.6 Å². The zero-order valence-electron chi connectivity index (χ0n) is 10.5. The van der Waals surface area contributed by atoms with Gasteiger partial charge in [0.25, 0.3) is 0 Å². The van der Waals surface area contributed by atoms with Crippen molar-refractivity contribution in [1.29, 1.82) is 0 Å². The monoisotopic (exact) mass is 328 g/mol. The van der Waals surface area contributed by atoms with Crippen molar-refractivity contribution in [1.82, 2.24) is 0 Å². The number of hydrogen-bond donors (Lipinski definition) is 0. The standard InChI is InChI=1S/C14H16OS4/c1-2-13(15)18-10-16-8-12-9-17-14(19-12)11-6-4-3-5-7-11/h2-7,12,14H,1,8-10H2. The van der Waals surface area contributed by atoms with Gasteiger partial charge in [0, 0.05) is 21.8 Å². The Morgan fingerprint density at radius 1 is 1.42 bits per heavy atom. The molecule has 5 heteroatoms. The first-order valence-corrected chi connectivity index (χ1v) is 10.1. The molecule has 1 nitrogen and oxygen atoms in total. The molecule has 2 rings (SSSR count). The molecule has 1 aromatic carbocycles. The van der Waals surface area contributed by atoms with Crippen molar-refractivity contribution in [3.8, 4) is 0 Å². The molecule has 0 N–H and O–H groups in total. The molecule has 1 aromatic rings. The largest absolute Gasteiger partial charge is 0.282 e. The van der Waals surface area contributed by atoms with Crippen LogP contribution >= 0.6 is 47.0 Å². The van der Waals surface area contributed by atoms with Crippen LogP contribution in [0, 0.1) is 0 Å². The fourth-order valence-electron chi connectivity index (χ4n) is 1.66. The van der Waals surface area contributed by atoms with Crippen LogP contribution in [0.1, 0.15) is 10.1 Å². The molecule has 2 atom stereocenters. The maximum Gasteiger partial charge on any atom is 0.212 e. The highest BCUT2D eigenvalue weighted by molar-refractivity contribution is 8.24. The van der Waals surface area contributed by atoms with Gasteiger partial charge in [-0.2, -0.15) is 0 Å². The number of thioether (sulfide) groups is 4. The molecule has 0 aromatic heterocycles. The molecule has 1 saturated heterocycles. The van der Waals surface area contributed by atoms with Crippen molar-refractivity contribution < 1.29 is 4.79 Å². The highest BCUT2D eigenvalue weighted by Crippen LogP contribution is 2.49. The van der Waals surface area contributed by atoms with E-state index in [1.54, 1.807) is 0 Å². The summed E-state index contributed by atoms with van der Waals surface area (Å²) in [5, 5.41) is 1.60. The average Bonchev–Trinajstić information content (AvgIpc) is 2.93. The second-order valence-corrected chi connectivity index (χ2v) is 9.21. The van der Waals surface area contributed by atoms with Crippen molar-refractivity contribution in [2.75, 3.05) is 16.6 Å². The number of carbonyl (C=O) groups is 1. The summed E-state index contributed by atoms with van der Waals surface area (Å²) in [4.78, 5) is 11.1. The van der Waals surface area contributed by atoms with E-state index in [0.29, 0.717) is 9.83 Å². The number of rotatable bonds is 6. The fourth-order valence-corrected chi connectivity index (χ4v) is 7.18. The fraction of sp³-hybridized carbons (Fsp3) is 0.357. The molecule has 2 unspecified atom stereocenters.